The van der Waals surface area contributed by atoms with E-state index in [1.165, 1.54) is 23.3 Å². The van der Waals surface area contributed by atoms with Crippen molar-refractivity contribution in [2.24, 2.45) is 0 Å². The number of thiophene rings is 1. The predicted octanol–water partition coefficient (Wildman–Crippen LogP) is 2.21. The zero-order valence-corrected chi connectivity index (χ0v) is 15.6. The molecule has 4 rings (SSSR count). The average molecular weight is 357 g/mol. The van der Waals surface area contributed by atoms with Gasteiger partial charge in [-0.05, 0) is 49.4 Å². The summed E-state index contributed by atoms with van der Waals surface area (Å²) in [6.07, 6.45) is 4.76. The Labute approximate surface area is 153 Å². The number of benzene rings is 1. The van der Waals surface area contributed by atoms with Gasteiger partial charge in [-0.1, -0.05) is 12.1 Å². The maximum atomic E-state index is 12.8. The molecule has 1 amide bonds. The van der Waals surface area contributed by atoms with E-state index in [0.29, 0.717) is 0 Å². The molecule has 0 atom stereocenters. The minimum absolute atomic E-state index is 0.0339. The maximum Gasteiger partial charge on any atom is 0.265 e. The first kappa shape index (κ1) is 16.6. The highest BCUT2D eigenvalue weighted by Gasteiger charge is 2.21. The third-order valence-corrected chi connectivity index (χ3v) is 6.57. The normalized spacial score (nSPS) is 18.0. The molecule has 1 aromatic carbocycles. The maximum absolute atomic E-state index is 12.8. The van der Waals surface area contributed by atoms with Crippen molar-refractivity contribution in [1.82, 2.24) is 0 Å². The van der Waals surface area contributed by atoms with Crippen molar-refractivity contribution < 1.29 is 9.69 Å². The van der Waals surface area contributed by atoms with E-state index in [2.05, 4.69) is 35.5 Å². The van der Waals surface area contributed by atoms with Crippen LogP contribution in [0.5, 0.6) is 0 Å². The van der Waals surface area contributed by atoms with Crippen molar-refractivity contribution in [3.8, 4) is 0 Å². The number of aryl methyl sites for hydroxylation is 2. The third-order valence-electron chi connectivity index (χ3n) is 5.33. The number of fused-ring (bicyclic) bond motifs is 1. The Morgan fingerprint density at radius 1 is 1.16 bits per heavy atom. The van der Waals surface area contributed by atoms with Crippen LogP contribution in [0, 0.1) is 0 Å². The Bertz CT molecular complexity index is 739. The van der Waals surface area contributed by atoms with E-state index in [1.54, 1.807) is 16.2 Å². The van der Waals surface area contributed by atoms with Crippen LogP contribution in [-0.2, 0) is 12.8 Å². The van der Waals surface area contributed by atoms with Crippen LogP contribution < -0.4 is 15.1 Å². The SMILES string of the molecule is C[NH+]1CCN(c2ccccc2NC(=O)c2cc3c(s2)CCCC3)CC1. The summed E-state index contributed by atoms with van der Waals surface area (Å²) in [6.45, 7) is 4.35. The van der Waals surface area contributed by atoms with Gasteiger partial charge in [-0.2, -0.15) is 0 Å². The van der Waals surface area contributed by atoms with Crippen LogP contribution in [0.1, 0.15) is 33.0 Å². The van der Waals surface area contributed by atoms with Gasteiger partial charge in [0.05, 0.1) is 49.5 Å². The van der Waals surface area contributed by atoms with Crippen molar-refractivity contribution >= 4 is 28.6 Å². The molecule has 0 bridgehead atoms. The fourth-order valence-corrected chi connectivity index (χ4v) is 4.92. The number of piperazine rings is 1. The molecule has 1 aromatic heterocycles. The molecule has 25 heavy (non-hydrogen) atoms. The molecule has 132 valence electrons. The molecule has 1 aliphatic heterocycles. The number of quaternary nitrogens is 1. The lowest BCUT2D eigenvalue weighted by molar-refractivity contribution is -0.880. The van der Waals surface area contributed by atoms with Crippen LogP contribution in [0.2, 0.25) is 0 Å². The van der Waals surface area contributed by atoms with Crippen LogP contribution in [0.25, 0.3) is 0 Å². The third kappa shape index (κ3) is 3.58. The smallest absolute Gasteiger partial charge is 0.265 e. The lowest BCUT2D eigenvalue weighted by Gasteiger charge is -2.32. The quantitative estimate of drug-likeness (QED) is 0.885. The topological polar surface area (TPSA) is 36.8 Å². The molecule has 0 radical (unpaired) electrons. The van der Waals surface area contributed by atoms with E-state index in [-0.39, 0.29) is 5.91 Å². The fourth-order valence-electron chi connectivity index (χ4n) is 3.77. The Kier molecular flexibility index (Phi) is 4.77. The lowest BCUT2D eigenvalue weighted by atomic mass is 9.99. The number of nitrogens with one attached hydrogen (secondary N) is 2. The largest absolute Gasteiger partial charge is 0.359 e. The lowest BCUT2D eigenvalue weighted by Crippen LogP contribution is -3.12. The summed E-state index contributed by atoms with van der Waals surface area (Å²) in [4.78, 5) is 19.0. The predicted molar refractivity (Wildman–Crippen MR) is 104 cm³/mol. The van der Waals surface area contributed by atoms with Crippen molar-refractivity contribution in [3.05, 3.63) is 45.6 Å². The van der Waals surface area contributed by atoms with Crippen molar-refractivity contribution in [2.75, 3.05) is 43.4 Å². The molecule has 1 fully saturated rings. The highest BCUT2D eigenvalue weighted by molar-refractivity contribution is 7.14. The minimum Gasteiger partial charge on any atom is -0.359 e. The molecular weight excluding hydrogens is 330 g/mol. The number of nitrogens with zero attached hydrogens (tertiary/aromatic N) is 1. The highest BCUT2D eigenvalue weighted by Crippen LogP contribution is 2.31. The molecule has 2 aliphatic rings. The molecule has 0 spiro atoms. The van der Waals surface area contributed by atoms with E-state index in [9.17, 15) is 4.79 Å². The van der Waals surface area contributed by atoms with Gasteiger partial charge in [-0.25, -0.2) is 0 Å². The standard InChI is InChI=1S/C20H25N3OS/c1-22-10-12-23(13-11-22)17-8-4-3-7-16(17)21-20(24)19-14-15-6-2-5-9-18(15)25-19/h3-4,7-8,14H,2,5-6,9-13H2,1H3,(H,21,24)/p+1. The summed E-state index contributed by atoms with van der Waals surface area (Å²) in [7, 11) is 2.24. The zero-order valence-electron chi connectivity index (χ0n) is 14.8. The van der Waals surface area contributed by atoms with Gasteiger partial charge in [-0.15, -0.1) is 11.3 Å². The molecular formula is C20H26N3OS+. The van der Waals surface area contributed by atoms with Gasteiger partial charge in [-0.3, -0.25) is 4.79 Å². The van der Waals surface area contributed by atoms with Gasteiger partial charge in [0.25, 0.3) is 5.91 Å². The van der Waals surface area contributed by atoms with E-state index < -0.39 is 0 Å². The van der Waals surface area contributed by atoms with Gasteiger partial charge in [0.2, 0.25) is 0 Å². The first-order valence-corrected chi connectivity index (χ1v) is 10.1. The number of amides is 1. The van der Waals surface area contributed by atoms with Crippen LogP contribution in [0.3, 0.4) is 0 Å². The van der Waals surface area contributed by atoms with Crippen LogP contribution in [0.4, 0.5) is 11.4 Å². The second-order valence-electron chi connectivity index (χ2n) is 7.18. The molecule has 4 nitrogen and oxygen atoms in total. The molecule has 2 aromatic rings. The van der Waals surface area contributed by atoms with Crippen molar-refractivity contribution in [3.63, 3.8) is 0 Å². The van der Waals surface area contributed by atoms with Gasteiger partial charge in [0.15, 0.2) is 0 Å². The number of anilines is 2. The Hall–Kier alpha value is -1.85. The average Bonchev–Trinajstić information content (AvgIpc) is 3.07. The minimum atomic E-state index is 0.0339. The summed E-state index contributed by atoms with van der Waals surface area (Å²) < 4.78 is 0. The number of likely N-dealkylation sites (N-methyl/N-ethyl adjacent to an activating group) is 1. The highest BCUT2D eigenvalue weighted by atomic mass is 32.1. The van der Waals surface area contributed by atoms with E-state index >= 15 is 0 Å². The Balaban J connectivity index is 1.52. The molecule has 5 heteroatoms. The molecule has 0 saturated carbocycles. The number of carbonyl (C=O) groups excluding carboxylic acids is 1. The molecule has 2 heterocycles. The Morgan fingerprint density at radius 3 is 2.72 bits per heavy atom. The van der Waals surface area contributed by atoms with Crippen LogP contribution in [-0.4, -0.2) is 39.1 Å². The van der Waals surface area contributed by atoms with Crippen LogP contribution in [0.15, 0.2) is 30.3 Å². The molecule has 1 aliphatic carbocycles. The van der Waals surface area contributed by atoms with Gasteiger partial charge >= 0.3 is 0 Å². The van der Waals surface area contributed by atoms with Gasteiger partial charge < -0.3 is 15.1 Å². The van der Waals surface area contributed by atoms with E-state index in [0.717, 1.165) is 55.3 Å². The summed E-state index contributed by atoms with van der Waals surface area (Å²) in [5.74, 6) is 0.0339. The number of rotatable bonds is 3. The Morgan fingerprint density at radius 2 is 1.92 bits per heavy atom. The number of para-hydroxylation sites is 2. The number of hydrogen-bond acceptors (Lipinski definition) is 3. The van der Waals surface area contributed by atoms with Crippen LogP contribution >= 0.6 is 11.3 Å². The van der Waals surface area contributed by atoms with E-state index in [4.69, 9.17) is 0 Å². The summed E-state index contributed by atoms with van der Waals surface area (Å²) in [5.41, 5.74) is 3.46. The fraction of sp³-hybridized carbons (Fsp3) is 0.450. The van der Waals surface area contributed by atoms with Gasteiger partial charge in [0.1, 0.15) is 0 Å². The monoisotopic (exact) mass is 356 g/mol. The number of carbonyl (C=O) groups is 1. The first-order valence-electron chi connectivity index (χ1n) is 9.29. The molecule has 0 unspecified atom stereocenters. The second kappa shape index (κ2) is 7.18. The number of hydrogen-bond donors (Lipinski definition) is 2. The van der Waals surface area contributed by atoms with Gasteiger partial charge in [0, 0.05) is 4.88 Å². The molecule has 2 N–H and O–H groups in total. The summed E-state index contributed by atoms with van der Waals surface area (Å²) in [6, 6.07) is 10.3. The van der Waals surface area contributed by atoms with E-state index in [1.807, 2.05) is 12.1 Å². The summed E-state index contributed by atoms with van der Waals surface area (Å²) in [5, 5.41) is 3.17. The summed E-state index contributed by atoms with van der Waals surface area (Å²) >= 11 is 1.68. The molecule has 1 saturated heterocycles. The van der Waals surface area contributed by atoms with Crippen molar-refractivity contribution in [1.29, 1.82) is 0 Å². The van der Waals surface area contributed by atoms with Crippen molar-refractivity contribution in [2.45, 2.75) is 25.7 Å². The zero-order chi connectivity index (χ0) is 17.2. The second-order valence-corrected chi connectivity index (χ2v) is 8.32. The first-order chi connectivity index (χ1) is 12.2.